The second kappa shape index (κ2) is 6.16. The summed E-state index contributed by atoms with van der Waals surface area (Å²) >= 11 is 0. The molecule has 0 radical (unpaired) electrons. The second-order valence-corrected chi connectivity index (χ2v) is 7.33. The maximum atomic E-state index is 11.8. The molecule has 0 aromatic heterocycles. The van der Waals surface area contributed by atoms with E-state index in [2.05, 4.69) is 10.0 Å². The molecule has 1 saturated carbocycles. The summed E-state index contributed by atoms with van der Waals surface area (Å²) in [5, 5.41) is 3.26. The first kappa shape index (κ1) is 13.3. The monoisotopic (exact) mass is 260 g/mol. The average Bonchev–Trinajstić information content (AvgIpc) is 3.09. The Morgan fingerprint density at radius 2 is 2.00 bits per heavy atom. The lowest BCUT2D eigenvalue weighted by molar-refractivity contribution is 0.402. The van der Waals surface area contributed by atoms with Gasteiger partial charge in [0.25, 0.3) is 0 Å². The van der Waals surface area contributed by atoms with Gasteiger partial charge in [-0.1, -0.05) is 12.8 Å². The lowest BCUT2D eigenvalue weighted by Gasteiger charge is -2.22. The van der Waals surface area contributed by atoms with Crippen molar-refractivity contribution in [2.45, 2.75) is 38.5 Å². The normalized spacial score (nSPS) is 26.0. The molecular formula is C12H24N2O2S. The third-order valence-corrected chi connectivity index (χ3v) is 5.22. The predicted octanol–water partition coefficient (Wildman–Crippen LogP) is 1.10. The minimum atomic E-state index is -3.05. The van der Waals surface area contributed by atoms with Crippen molar-refractivity contribution in [3.8, 4) is 0 Å². The zero-order valence-corrected chi connectivity index (χ0v) is 11.3. The zero-order valence-electron chi connectivity index (χ0n) is 10.5. The number of nitrogens with one attached hydrogen (secondary N) is 2. The molecule has 1 unspecified atom stereocenters. The lowest BCUT2D eigenvalue weighted by Crippen LogP contribution is -2.37. The summed E-state index contributed by atoms with van der Waals surface area (Å²) in [6.45, 7) is 2.51. The van der Waals surface area contributed by atoms with Crippen molar-refractivity contribution in [3.05, 3.63) is 0 Å². The van der Waals surface area contributed by atoms with Crippen molar-refractivity contribution in [2.24, 2.45) is 11.8 Å². The number of sulfonamides is 1. The van der Waals surface area contributed by atoms with E-state index in [1.165, 1.54) is 19.3 Å². The minimum absolute atomic E-state index is 0.295. The Labute approximate surface area is 105 Å². The third kappa shape index (κ3) is 5.36. The maximum Gasteiger partial charge on any atom is 0.211 e. The van der Waals surface area contributed by atoms with E-state index in [1.54, 1.807) is 0 Å². The van der Waals surface area contributed by atoms with Gasteiger partial charge in [-0.3, -0.25) is 0 Å². The predicted molar refractivity (Wildman–Crippen MR) is 69.3 cm³/mol. The molecule has 0 amide bonds. The Morgan fingerprint density at radius 3 is 2.65 bits per heavy atom. The number of hydrogen-bond donors (Lipinski definition) is 2. The first-order valence-corrected chi connectivity index (χ1v) is 8.49. The van der Waals surface area contributed by atoms with E-state index in [0.29, 0.717) is 18.2 Å². The van der Waals surface area contributed by atoms with Crippen LogP contribution >= 0.6 is 0 Å². The highest BCUT2D eigenvalue weighted by molar-refractivity contribution is 7.89. The quantitative estimate of drug-likeness (QED) is 0.674. The van der Waals surface area contributed by atoms with Crippen molar-refractivity contribution < 1.29 is 8.42 Å². The van der Waals surface area contributed by atoms with Gasteiger partial charge in [-0.05, 0) is 50.6 Å². The molecule has 5 heteroatoms. The van der Waals surface area contributed by atoms with Crippen molar-refractivity contribution in [1.29, 1.82) is 0 Å². The average molecular weight is 260 g/mol. The van der Waals surface area contributed by atoms with E-state index in [4.69, 9.17) is 0 Å². The van der Waals surface area contributed by atoms with Gasteiger partial charge in [0, 0.05) is 6.54 Å². The van der Waals surface area contributed by atoms with E-state index >= 15 is 0 Å². The number of piperidine rings is 1. The smallest absolute Gasteiger partial charge is 0.211 e. The largest absolute Gasteiger partial charge is 0.316 e. The fourth-order valence-corrected chi connectivity index (χ4v) is 3.94. The SMILES string of the molecule is O=S(=O)(CC1CCCNC1)NCCCC1CC1. The second-order valence-electron chi connectivity index (χ2n) is 5.47. The molecule has 0 aromatic rings. The van der Waals surface area contributed by atoms with E-state index in [0.717, 1.165) is 38.3 Å². The highest BCUT2D eigenvalue weighted by atomic mass is 32.2. The molecular weight excluding hydrogens is 236 g/mol. The summed E-state index contributed by atoms with van der Waals surface area (Å²) in [4.78, 5) is 0. The van der Waals surface area contributed by atoms with Crippen LogP contribution in [0.2, 0.25) is 0 Å². The third-order valence-electron chi connectivity index (χ3n) is 3.66. The highest BCUT2D eigenvalue weighted by Gasteiger charge is 2.22. The summed E-state index contributed by atoms with van der Waals surface area (Å²) in [5.41, 5.74) is 0. The Kier molecular flexibility index (Phi) is 4.82. The molecule has 0 aromatic carbocycles. The van der Waals surface area contributed by atoms with Crippen molar-refractivity contribution in [1.82, 2.24) is 10.0 Å². The molecule has 1 heterocycles. The van der Waals surface area contributed by atoms with E-state index in [9.17, 15) is 8.42 Å². The van der Waals surface area contributed by atoms with Crippen LogP contribution in [0.15, 0.2) is 0 Å². The first-order valence-electron chi connectivity index (χ1n) is 6.84. The van der Waals surface area contributed by atoms with Crippen LogP contribution < -0.4 is 10.0 Å². The zero-order chi connectivity index (χ0) is 12.1. The Balaban J connectivity index is 1.62. The molecule has 1 saturated heterocycles. The fourth-order valence-electron chi connectivity index (χ4n) is 2.46. The van der Waals surface area contributed by atoms with Crippen LogP contribution in [-0.2, 0) is 10.0 Å². The Morgan fingerprint density at radius 1 is 1.18 bits per heavy atom. The molecule has 0 spiro atoms. The molecule has 100 valence electrons. The molecule has 2 N–H and O–H groups in total. The fraction of sp³-hybridized carbons (Fsp3) is 1.00. The Hall–Kier alpha value is -0.130. The molecule has 1 atom stereocenters. The van der Waals surface area contributed by atoms with Gasteiger partial charge in [-0.25, -0.2) is 13.1 Å². The summed E-state index contributed by atoms with van der Waals surface area (Å²) in [6.07, 6.45) is 7.01. The highest BCUT2D eigenvalue weighted by Crippen LogP contribution is 2.33. The van der Waals surface area contributed by atoms with Crippen LogP contribution in [0.4, 0.5) is 0 Å². The molecule has 4 nitrogen and oxygen atoms in total. The van der Waals surface area contributed by atoms with Crippen molar-refractivity contribution in [3.63, 3.8) is 0 Å². The topological polar surface area (TPSA) is 58.2 Å². The summed E-state index contributed by atoms with van der Waals surface area (Å²) in [6, 6.07) is 0. The molecule has 1 aliphatic carbocycles. The number of hydrogen-bond acceptors (Lipinski definition) is 3. The van der Waals surface area contributed by atoms with Gasteiger partial charge < -0.3 is 5.32 Å². The summed E-state index contributed by atoms with van der Waals surface area (Å²) in [5.74, 6) is 1.48. The molecule has 2 aliphatic rings. The van der Waals surface area contributed by atoms with Crippen LogP contribution in [0.5, 0.6) is 0 Å². The van der Waals surface area contributed by atoms with Gasteiger partial charge >= 0.3 is 0 Å². The molecule has 17 heavy (non-hydrogen) atoms. The molecule has 2 rings (SSSR count). The van der Waals surface area contributed by atoms with Crippen LogP contribution in [0.25, 0.3) is 0 Å². The standard InChI is InChI=1S/C12H24N2O2S/c15-17(16,10-12-4-1-7-13-9-12)14-8-2-3-11-5-6-11/h11-14H,1-10H2. The van der Waals surface area contributed by atoms with Gasteiger partial charge in [0.1, 0.15) is 0 Å². The lowest BCUT2D eigenvalue weighted by atomic mass is 10.0. The van der Waals surface area contributed by atoms with Crippen LogP contribution in [-0.4, -0.2) is 33.8 Å². The van der Waals surface area contributed by atoms with Crippen LogP contribution in [0, 0.1) is 11.8 Å². The van der Waals surface area contributed by atoms with Crippen molar-refractivity contribution in [2.75, 3.05) is 25.4 Å². The summed E-state index contributed by atoms with van der Waals surface area (Å²) in [7, 11) is -3.05. The van der Waals surface area contributed by atoms with E-state index in [-0.39, 0.29) is 0 Å². The van der Waals surface area contributed by atoms with Crippen LogP contribution in [0.3, 0.4) is 0 Å². The van der Waals surface area contributed by atoms with Gasteiger partial charge in [0.15, 0.2) is 0 Å². The van der Waals surface area contributed by atoms with Crippen molar-refractivity contribution >= 4 is 10.0 Å². The van der Waals surface area contributed by atoms with Crippen LogP contribution in [0.1, 0.15) is 38.5 Å². The van der Waals surface area contributed by atoms with Gasteiger partial charge in [-0.15, -0.1) is 0 Å². The Bertz CT molecular complexity index is 319. The summed E-state index contributed by atoms with van der Waals surface area (Å²) < 4.78 is 26.4. The number of rotatable bonds is 7. The molecule has 2 fully saturated rings. The minimum Gasteiger partial charge on any atom is -0.316 e. The molecule has 1 aliphatic heterocycles. The van der Waals surface area contributed by atoms with Gasteiger partial charge in [-0.2, -0.15) is 0 Å². The first-order chi connectivity index (χ1) is 8.16. The maximum absolute atomic E-state index is 11.8. The van der Waals surface area contributed by atoms with E-state index in [1.807, 2.05) is 0 Å². The van der Waals surface area contributed by atoms with Gasteiger partial charge in [0.2, 0.25) is 10.0 Å². The van der Waals surface area contributed by atoms with E-state index < -0.39 is 10.0 Å². The van der Waals surface area contributed by atoms with Gasteiger partial charge in [0.05, 0.1) is 5.75 Å². The molecule has 0 bridgehead atoms.